The van der Waals surface area contributed by atoms with Crippen molar-refractivity contribution >= 4 is 5.69 Å². The molecule has 1 saturated heterocycles. The number of hydrogen-bond donors (Lipinski definition) is 0. The van der Waals surface area contributed by atoms with Crippen LogP contribution >= 0.6 is 0 Å². The predicted molar refractivity (Wildman–Crippen MR) is 99.3 cm³/mol. The third-order valence-electron chi connectivity index (χ3n) is 4.50. The average molecular weight is 361 g/mol. The molecule has 3 aromatic rings. The normalized spacial score (nSPS) is 16.3. The Balaban J connectivity index is 1.56. The molecule has 0 saturated carbocycles. The number of methoxy groups -OCH3 is 1. The van der Waals surface area contributed by atoms with Crippen molar-refractivity contribution in [2.24, 2.45) is 0 Å². The first-order valence-electron chi connectivity index (χ1n) is 8.69. The molecule has 0 bridgehead atoms. The summed E-state index contributed by atoms with van der Waals surface area (Å²) in [5.74, 6) is 0.800. The van der Waals surface area contributed by atoms with Crippen LogP contribution in [0.5, 0.6) is 5.75 Å². The Labute approximate surface area is 157 Å². The van der Waals surface area contributed by atoms with E-state index in [1.165, 1.54) is 0 Å². The van der Waals surface area contributed by atoms with Crippen LogP contribution in [0, 0.1) is 11.3 Å². The molecule has 1 aromatic heterocycles. The molecule has 1 atom stereocenters. The summed E-state index contributed by atoms with van der Waals surface area (Å²) in [5.41, 5.74) is 3.35. The number of benzene rings is 2. The molecule has 0 amide bonds. The minimum Gasteiger partial charge on any atom is -0.495 e. The standard InChI is InChI=1S/C20H19N5O2/c1-26-19-8-3-2-7-18(19)25-9-10-27-20(25)17-14-24(23-22-17)13-16-6-4-5-15(11-16)12-21/h2-8,11,14,20H,9-10,13H2,1H3. The largest absolute Gasteiger partial charge is 0.495 e. The summed E-state index contributed by atoms with van der Waals surface area (Å²) in [6.45, 7) is 1.91. The van der Waals surface area contributed by atoms with Gasteiger partial charge in [0.05, 0.1) is 43.8 Å². The van der Waals surface area contributed by atoms with Crippen molar-refractivity contribution in [1.29, 1.82) is 5.26 Å². The summed E-state index contributed by atoms with van der Waals surface area (Å²) in [4.78, 5) is 2.13. The third-order valence-corrected chi connectivity index (χ3v) is 4.50. The number of hydrogen-bond acceptors (Lipinski definition) is 6. The number of rotatable bonds is 5. The number of anilines is 1. The molecule has 1 aliphatic rings. The maximum Gasteiger partial charge on any atom is 0.177 e. The van der Waals surface area contributed by atoms with Crippen molar-refractivity contribution in [3.63, 3.8) is 0 Å². The Hall–Kier alpha value is -3.37. The van der Waals surface area contributed by atoms with E-state index in [1.54, 1.807) is 17.9 Å². The van der Waals surface area contributed by atoms with Gasteiger partial charge in [0, 0.05) is 6.54 Å². The first-order valence-corrected chi connectivity index (χ1v) is 8.69. The monoisotopic (exact) mass is 361 g/mol. The fourth-order valence-electron chi connectivity index (χ4n) is 3.26. The van der Waals surface area contributed by atoms with Gasteiger partial charge in [-0.15, -0.1) is 5.10 Å². The first-order chi connectivity index (χ1) is 13.3. The van der Waals surface area contributed by atoms with Crippen LogP contribution in [-0.2, 0) is 11.3 Å². The highest BCUT2D eigenvalue weighted by molar-refractivity contribution is 5.59. The van der Waals surface area contributed by atoms with Gasteiger partial charge in [-0.1, -0.05) is 29.5 Å². The van der Waals surface area contributed by atoms with Gasteiger partial charge < -0.3 is 14.4 Å². The maximum atomic E-state index is 9.04. The molecule has 1 unspecified atom stereocenters. The highest BCUT2D eigenvalue weighted by atomic mass is 16.5. The number of aromatic nitrogens is 3. The molecular weight excluding hydrogens is 342 g/mol. The highest BCUT2D eigenvalue weighted by Crippen LogP contribution is 2.36. The van der Waals surface area contributed by atoms with Gasteiger partial charge in [0.15, 0.2) is 6.23 Å². The van der Waals surface area contributed by atoms with E-state index in [1.807, 2.05) is 48.7 Å². The summed E-state index contributed by atoms with van der Waals surface area (Å²) < 4.78 is 13.2. The third kappa shape index (κ3) is 3.48. The molecular formula is C20H19N5O2. The molecule has 0 radical (unpaired) electrons. The van der Waals surface area contributed by atoms with Crippen LogP contribution in [0.4, 0.5) is 5.69 Å². The van der Waals surface area contributed by atoms with E-state index in [-0.39, 0.29) is 6.23 Å². The summed E-state index contributed by atoms with van der Waals surface area (Å²) in [7, 11) is 1.66. The second-order valence-corrected chi connectivity index (χ2v) is 6.24. The quantitative estimate of drug-likeness (QED) is 0.695. The lowest BCUT2D eigenvalue weighted by atomic mass is 10.1. The van der Waals surface area contributed by atoms with E-state index in [0.717, 1.165) is 29.2 Å². The molecule has 1 aliphatic heterocycles. The molecule has 1 fully saturated rings. The number of nitriles is 1. The van der Waals surface area contributed by atoms with Crippen LogP contribution in [0.15, 0.2) is 54.7 Å². The maximum absolute atomic E-state index is 9.04. The average Bonchev–Trinajstić information content (AvgIpc) is 3.37. The lowest BCUT2D eigenvalue weighted by Crippen LogP contribution is -2.24. The Morgan fingerprint density at radius 3 is 3.00 bits per heavy atom. The van der Waals surface area contributed by atoms with Crippen LogP contribution < -0.4 is 9.64 Å². The van der Waals surface area contributed by atoms with Gasteiger partial charge in [0.1, 0.15) is 11.4 Å². The first kappa shape index (κ1) is 17.1. The summed E-state index contributed by atoms with van der Waals surface area (Å²) in [5, 5.41) is 17.6. The van der Waals surface area contributed by atoms with Crippen LogP contribution in [0.1, 0.15) is 23.0 Å². The minimum atomic E-state index is -0.305. The van der Waals surface area contributed by atoms with Crippen LogP contribution in [0.3, 0.4) is 0 Å². The van der Waals surface area contributed by atoms with Gasteiger partial charge in [-0.25, -0.2) is 4.68 Å². The van der Waals surface area contributed by atoms with Gasteiger partial charge in [0.25, 0.3) is 0 Å². The molecule has 2 aromatic carbocycles. The zero-order valence-electron chi connectivity index (χ0n) is 14.9. The Kier molecular flexibility index (Phi) is 4.73. The molecule has 0 spiro atoms. The number of para-hydroxylation sites is 2. The Bertz CT molecular complexity index is 978. The van der Waals surface area contributed by atoms with Crippen molar-refractivity contribution in [1.82, 2.24) is 15.0 Å². The van der Waals surface area contributed by atoms with Gasteiger partial charge in [-0.3, -0.25) is 0 Å². The fourth-order valence-corrected chi connectivity index (χ4v) is 3.26. The van der Waals surface area contributed by atoms with Crippen molar-refractivity contribution in [2.45, 2.75) is 12.8 Å². The second-order valence-electron chi connectivity index (χ2n) is 6.24. The Morgan fingerprint density at radius 1 is 1.26 bits per heavy atom. The van der Waals surface area contributed by atoms with Crippen LogP contribution in [0.2, 0.25) is 0 Å². The molecule has 0 N–H and O–H groups in total. The molecule has 7 heteroatoms. The molecule has 27 heavy (non-hydrogen) atoms. The topological polar surface area (TPSA) is 76.2 Å². The lowest BCUT2D eigenvalue weighted by Gasteiger charge is -2.25. The zero-order chi connectivity index (χ0) is 18.6. The predicted octanol–water partition coefficient (Wildman–Crippen LogP) is 2.74. The molecule has 0 aliphatic carbocycles. The van der Waals surface area contributed by atoms with Gasteiger partial charge in [-0.2, -0.15) is 5.26 Å². The van der Waals surface area contributed by atoms with Crippen molar-refractivity contribution < 1.29 is 9.47 Å². The Morgan fingerprint density at radius 2 is 2.15 bits per heavy atom. The zero-order valence-corrected chi connectivity index (χ0v) is 14.9. The van der Waals surface area contributed by atoms with E-state index in [9.17, 15) is 0 Å². The van der Waals surface area contributed by atoms with Crippen LogP contribution in [0.25, 0.3) is 0 Å². The second kappa shape index (κ2) is 7.48. The van der Waals surface area contributed by atoms with Crippen molar-refractivity contribution in [3.8, 4) is 11.8 Å². The molecule has 136 valence electrons. The van der Waals surface area contributed by atoms with E-state index >= 15 is 0 Å². The summed E-state index contributed by atoms with van der Waals surface area (Å²) >= 11 is 0. The summed E-state index contributed by atoms with van der Waals surface area (Å²) in [6.07, 6.45) is 1.58. The lowest BCUT2D eigenvalue weighted by molar-refractivity contribution is 0.110. The van der Waals surface area contributed by atoms with Gasteiger partial charge in [0.2, 0.25) is 0 Å². The number of nitrogens with zero attached hydrogens (tertiary/aromatic N) is 5. The minimum absolute atomic E-state index is 0.305. The van der Waals surface area contributed by atoms with E-state index < -0.39 is 0 Å². The molecule has 7 nitrogen and oxygen atoms in total. The number of ether oxygens (including phenoxy) is 2. The van der Waals surface area contributed by atoms with E-state index in [2.05, 4.69) is 21.3 Å². The SMILES string of the molecule is COc1ccccc1N1CCOC1c1cn(Cc2cccc(C#N)c2)nn1. The summed E-state index contributed by atoms with van der Waals surface area (Å²) in [6, 6.07) is 17.5. The van der Waals surface area contributed by atoms with E-state index in [4.69, 9.17) is 14.7 Å². The van der Waals surface area contributed by atoms with Crippen LogP contribution in [-0.4, -0.2) is 35.3 Å². The van der Waals surface area contributed by atoms with Gasteiger partial charge in [-0.05, 0) is 29.8 Å². The van der Waals surface area contributed by atoms with Crippen molar-refractivity contribution in [2.75, 3.05) is 25.2 Å². The van der Waals surface area contributed by atoms with Gasteiger partial charge >= 0.3 is 0 Å². The smallest absolute Gasteiger partial charge is 0.177 e. The highest BCUT2D eigenvalue weighted by Gasteiger charge is 2.31. The molecule has 2 heterocycles. The van der Waals surface area contributed by atoms with E-state index in [0.29, 0.717) is 18.7 Å². The molecule has 4 rings (SSSR count). The van der Waals surface area contributed by atoms with Crippen molar-refractivity contribution in [3.05, 3.63) is 71.5 Å². The fraction of sp³-hybridized carbons (Fsp3) is 0.250.